The summed E-state index contributed by atoms with van der Waals surface area (Å²) in [4.78, 5) is 38.6. The van der Waals surface area contributed by atoms with E-state index in [1.54, 1.807) is 41.3 Å². The molecule has 1 saturated heterocycles. The Morgan fingerprint density at radius 3 is 2.10 bits per heavy atom. The number of benzene rings is 2. The van der Waals surface area contributed by atoms with Gasteiger partial charge in [-0.3, -0.25) is 9.59 Å². The van der Waals surface area contributed by atoms with Gasteiger partial charge in [-0.05, 0) is 57.4 Å². The second kappa shape index (κ2) is 10.1. The molecule has 1 fully saturated rings. The Bertz CT molecular complexity index is 868. The normalized spacial score (nSPS) is 18.5. The van der Waals surface area contributed by atoms with Crippen LogP contribution in [0.15, 0.2) is 54.6 Å². The highest BCUT2D eigenvalue weighted by Gasteiger charge is 2.29. The van der Waals surface area contributed by atoms with E-state index in [1.807, 2.05) is 32.0 Å². The maximum absolute atomic E-state index is 12.4. The van der Waals surface area contributed by atoms with Crippen LogP contribution in [0.4, 0.5) is 0 Å². The molecule has 1 heterocycles. The highest BCUT2D eigenvalue weighted by Crippen LogP contribution is 2.22. The summed E-state index contributed by atoms with van der Waals surface area (Å²) in [5.74, 6) is -0.417. The second-order valence-corrected chi connectivity index (χ2v) is 7.60. The molecule has 3 rings (SSSR count). The van der Waals surface area contributed by atoms with E-state index in [-0.39, 0.29) is 37.0 Å². The summed E-state index contributed by atoms with van der Waals surface area (Å²) in [6, 6.07) is 15.9. The number of piperidine rings is 1. The highest BCUT2D eigenvalue weighted by molar-refractivity contribution is 6.08. The predicted octanol–water partition coefficient (Wildman–Crippen LogP) is 3.63. The van der Waals surface area contributed by atoms with Gasteiger partial charge in [-0.25, -0.2) is 4.79 Å². The van der Waals surface area contributed by atoms with Crippen LogP contribution in [0.5, 0.6) is 5.75 Å². The predicted molar refractivity (Wildman–Crippen MR) is 112 cm³/mol. The molecule has 0 spiro atoms. The van der Waals surface area contributed by atoms with Crippen molar-refractivity contribution in [3.63, 3.8) is 0 Å². The third-order valence-corrected chi connectivity index (χ3v) is 5.35. The SMILES string of the molecule is C[C@@H]1CCC[C@@H](C)N1C(=O)COC(=O)COc1ccc(C(=O)c2ccccc2)cc1. The van der Waals surface area contributed by atoms with Gasteiger partial charge in [0.05, 0.1) is 0 Å². The first kappa shape index (κ1) is 21.6. The molecule has 6 nitrogen and oxygen atoms in total. The van der Waals surface area contributed by atoms with Crippen molar-refractivity contribution < 1.29 is 23.9 Å². The molecule has 2 aromatic rings. The molecule has 2 atom stereocenters. The van der Waals surface area contributed by atoms with E-state index in [1.165, 1.54) is 0 Å². The van der Waals surface area contributed by atoms with Crippen LogP contribution >= 0.6 is 0 Å². The summed E-state index contributed by atoms with van der Waals surface area (Å²) >= 11 is 0. The Morgan fingerprint density at radius 2 is 1.47 bits per heavy atom. The molecular weight excluding hydrogens is 382 g/mol. The van der Waals surface area contributed by atoms with E-state index in [9.17, 15) is 14.4 Å². The van der Waals surface area contributed by atoms with Crippen molar-refractivity contribution in [2.24, 2.45) is 0 Å². The molecule has 1 aliphatic heterocycles. The van der Waals surface area contributed by atoms with Crippen molar-refractivity contribution in [2.75, 3.05) is 13.2 Å². The Kier molecular flexibility index (Phi) is 7.22. The number of ketones is 1. The van der Waals surface area contributed by atoms with Crippen LogP contribution in [0.2, 0.25) is 0 Å². The Balaban J connectivity index is 1.45. The number of likely N-dealkylation sites (tertiary alicyclic amines) is 1. The number of hydrogen-bond donors (Lipinski definition) is 0. The Morgan fingerprint density at radius 1 is 0.867 bits per heavy atom. The third-order valence-electron chi connectivity index (χ3n) is 5.35. The number of rotatable bonds is 7. The van der Waals surface area contributed by atoms with E-state index >= 15 is 0 Å². The van der Waals surface area contributed by atoms with Crippen molar-refractivity contribution in [2.45, 2.75) is 45.2 Å². The standard InChI is InChI=1S/C24H27NO5/c1-17-7-6-8-18(2)25(17)22(26)15-30-23(27)16-29-21-13-11-20(12-14-21)24(28)19-9-4-3-5-10-19/h3-5,9-14,17-18H,6-8,15-16H2,1-2H3/t17-,18-/m1/s1. The third kappa shape index (κ3) is 5.47. The van der Waals surface area contributed by atoms with Crippen LogP contribution in [-0.2, 0) is 14.3 Å². The van der Waals surface area contributed by atoms with Crippen molar-refractivity contribution in [3.8, 4) is 5.75 Å². The van der Waals surface area contributed by atoms with E-state index in [0.29, 0.717) is 16.9 Å². The van der Waals surface area contributed by atoms with E-state index < -0.39 is 5.97 Å². The maximum Gasteiger partial charge on any atom is 0.344 e. The summed E-state index contributed by atoms with van der Waals surface area (Å²) in [7, 11) is 0. The number of carbonyl (C=O) groups excluding carboxylic acids is 3. The van der Waals surface area contributed by atoms with Crippen LogP contribution in [0, 0.1) is 0 Å². The average molecular weight is 409 g/mol. The molecule has 30 heavy (non-hydrogen) atoms. The zero-order chi connectivity index (χ0) is 21.5. The molecule has 6 heteroatoms. The van der Waals surface area contributed by atoms with Gasteiger partial charge in [-0.2, -0.15) is 0 Å². The van der Waals surface area contributed by atoms with Crippen LogP contribution in [0.25, 0.3) is 0 Å². The van der Waals surface area contributed by atoms with Crippen molar-refractivity contribution in [1.82, 2.24) is 4.90 Å². The minimum atomic E-state index is -0.606. The highest BCUT2D eigenvalue weighted by atomic mass is 16.6. The monoisotopic (exact) mass is 409 g/mol. The number of amides is 1. The maximum atomic E-state index is 12.4. The number of ether oxygens (including phenoxy) is 2. The first-order valence-corrected chi connectivity index (χ1v) is 10.2. The zero-order valence-corrected chi connectivity index (χ0v) is 17.4. The molecular formula is C24H27NO5. The Labute approximate surface area is 176 Å². The molecule has 1 aliphatic rings. The van der Waals surface area contributed by atoms with Gasteiger partial charge in [-0.15, -0.1) is 0 Å². The zero-order valence-electron chi connectivity index (χ0n) is 17.4. The lowest BCUT2D eigenvalue weighted by Gasteiger charge is -2.38. The Hall–Kier alpha value is -3.15. The summed E-state index contributed by atoms with van der Waals surface area (Å²) in [5, 5.41) is 0. The number of esters is 1. The summed E-state index contributed by atoms with van der Waals surface area (Å²) < 4.78 is 10.5. The lowest BCUT2D eigenvalue weighted by atomic mass is 9.97. The molecule has 0 bridgehead atoms. The number of nitrogens with zero attached hydrogens (tertiary/aromatic N) is 1. The topological polar surface area (TPSA) is 72.9 Å². The smallest absolute Gasteiger partial charge is 0.344 e. The molecule has 1 amide bonds. The van der Waals surface area contributed by atoms with Gasteiger partial charge in [0.1, 0.15) is 5.75 Å². The number of hydrogen-bond acceptors (Lipinski definition) is 5. The van der Waals surface area contributed by atoms with Crippen molar-refractivity contribution >= 4 is 17.7 Å². The fourth-order valence-electron chi connectivity index (χ4n) is 3.77. The lowest BCUT2D eigenvalue weighted by molar-refractivity contribution is -0.156. The lowest BCUT2D eigenvalue weighted by Crippen LogP contribution is -2.49. The van der Waals surface area contributed by atoms with Gasteiger partial charge < -0.3 is 14.4 Å². The van der Waals surface area contributed by atoms with Gasteiger partial charge >= 0.3 is 5.97 Å². The minimum absolute atomic E-state index is 0.0822. The number of carbonyl (C=O) groups is 3. The van der Waals surface area contributed by atoms with Crippen LogP contribution in [0.1, 0.15) is 49.0 Å². The minimum Gasteiger partial charge on any atom is -0.482 e. The van der Waals surface area contributed by atoms with Crippen LogP contribution in [0.3, 0.4) is 0 Å². The fraction of sp³-hybridized carbons (Fsp3) is 0.375. The fourth-order valence-corrected chi connectivity index (χ4v) is 3.77. The van der Waals surface area contributed by atoms with Crippen molar-refractivity contribution in [1.29, 1.82) is 0 Å². The van der Waals surface area contributed by atoms with Gasteiger partial charge in [-0.1, -0.05) is 30.3 Å². The molecule has 158 valence electrons. The molecule has 0 unspecified atom stereocenters. The van der Waals surface area contributed by atoms with Crippen molar-refractivity contribution in [3.05, 3.63) is 65.7 Å². The largest absolute Gasteiger partial charge is 0.482 e. The second-order valence-electron chi connectivity index (χ2n) is 7.60. The van der Waals surface area contributed by atoms with E-state index in [0.717, 1.165) is 19.3 Å². The average Bonchev–Trinajstić information content (AvgIpc) is 2.76. The summed E-state index contributed by atoms with van der Waals surface area (Å²) in [6.07, 6.45) is 3.04. The van der Waals surface area contributed by atoms with E-state index in [4.69, 9.17) is 9.47 Å². The summed E-state index contributed by atoms with van der Waals surface area (Å²) in [5.41, 5.74) is 1.14. The molecule has 0 aromatic heterocycles. The first-order chi connectivity index (χ1) is 14.5. The molecule has 0 aliphatic carbocycles. The van der Waals surface area contributed by atoms with Gasteiger partial charge in [0, 0.05) is 23.2 Å². The quantitative estimate of drug-likeness (QED) is 0.516. The van der Waals surface area contributed by atoms with Crippen LogP contribution in [-0.4, -0.2) is 47.9 Å². The van der Waals surface area contributed by atoms with Gasteiger partial charge in [0.15, 0.2) is 19.0 Å². The molecule has 0 radical (unpaired) electrons. The van der Waals surface area contributed by atoms with E-state index in [2.05, 4.69) is 0 Å². The molecule has 2 aromatic carbocycles. The summed E-state index contributed by atoms with van der Waals surface area (Å²) in [6.45, 7) is 3.46. The van der Waals surface area contributed by atoms with Gasteiger partial charge in [0.2, 0.25) is 0 Å². The van der Waals surface area contributed by atoms with Crippen LogP contribution < -0.4 is 4.74 Å². The molecule has 0 N–H and O–H groups in total. The molecule has 0 saturated carbocycles. The first-order valence-electron chi connectivity index (χ1n) is 10.2. The van der Waals surface area contributed by atoms with Gasteiger partial charge in [0.25, 0.3) is 5.91 Å².